The quantitative estimate of drug-likeness (QED) is 0.711. The Kier molecular flexibility index (Phi) is 5.69. The van der Waals surface area contributed by atoms with E-state index in [1.54, 1.807) is 19.1 Å². The maximum atomic E-state index is 12.9. The topological polar surface area (TPSA) is 77.5 Å². The standard InChI is InChI=1S/C16H15ClO5S2/c1-2-22-12-16(23(18,19)13-8-4-3-5-9-13)24(20,21)15-11-7-6-10-14(15)17/h3-12H,2H2,1H3/b16-12+. The van der Waals surface area contributed by atoms with Gasteiger partial charge < -0.3 is 4.74 Å². The third kappa shape index (κ3) is 3.63. The maximum absolute atomic E-state index is 12.9. The van der Waals surface area contributed by atoms with Crippen molar-refractivity contribution in [1.29, 1.82) is 0 Å². The Morgan fingerprint density at radius 2 is 1.54 bits per heavy atom. The van der Waals surface area contributed by atoms with Crippen molar-refractivity contribution in [3.63, 3.8) is 0 Å². The van der Waals surface area contributed by atoms with Crippen molar-refractivity contribution >= 4 is 31.3 Å². The van der Waals surface area contributed by atoms with Crippen LogP contribution in [0.1, 0.15) is 6.92 Å². The predicted octanol–water partition coefficient (Wildman–Crippen LogP) is 3.42. The number of rotatable bonds is 6. The Balaban J connectivity index is 2.69. The molecule has 5 nitrogen and oxygen atoms in total. The van der Waals surface area contributed by atoms with Gasteiger partial charge in [0.05, 0.1) is 21.4 Å². The van der Waals surface area contributed by atoms with E-state index in [1.165, 1.54) is 42.5 Å². The molecular weight excluding hydrogens is 372 g/mol. The van der Waals surface area contributed by atoms with Crippen molar-refractivity contribution in [2.45, 2.75) is 16.7 Å². The van der Waals surface area contributed by atoms with Crippen LogP contribution in [0.3, 0.4) is 0 Å². The van der Waals surface area contributed by atoms with Crippen LogP contribution in [0, 0.1) is 0 Å². The summed E-state index contributed by atoms with van der Waals surface area (Å²) in [4.78, 5) is -0.441. The molecule has 8 heteroatoms. The lowest BCUT2D eigenvalue weighted by molar-refractivity contribution is 0.269. The van der Waals surface area contributed by atoms with Crippen LogP contribution in [0.4, 0.5) is 0 Å². The number of benzene rings is 2. The molecule has 0 amide bonds. The molecule has 0 aliphatic heterocycles. The lowest BCUT2D eigenvalue weighted by atomic mass is 10.4. The summed E-state index contributed by atoms with van der Waals surface area (Å²) in [7, 11) is -8.70. The first-order chi connectivity index (χ1) is 11.3. The predicted molar refractivity (Wildman–Crippen MR) is 92.0 cm³/mol. The number of halogens is 1. The molecule has 0 spiro atoms. The number of hydrogen-bond donors (Lipinski definition) is 0. The summed E-state index contributed by atoms with van der Waals surface area (Å²) in [6.45, 7) is 1.73. The largest absolute Gasteiger partial charge is 0.499 e. The summed E-state index contributed by atoms with van der Waals surface area (Å²) < 4.78 is 55.5. The van der Waals surface area contributed by atoms with Crippen LogP contribution in [0.2, 0.25) is 5.02 Å². The number of ether oxygens (including phenoxy) is 1. The maximum Gasteiger partial charge on any atom is 0.222 e. The fourth-order valence-electron chi connectivity index (χ4n) is 1.91. The smallest absolute Gasteiger partial charge is 0.222 e. The van der Waals surface area contributed by atoms with Gasteiger partial charge in [-0.3, -0.25) is 0 Å². The second-order valence-electron chi connectivity index (χ2n) is 4.64. The van der Waals surface area contributed by atoms with Gasteiger partial charge in [-0.05, 0) is 31.2 Å². The average molecular weight is 387 g/mol. The minimum Gasteiger partial charge on any atom is -0.499 e. The van der Waals surface area contributed by atoms with E-state index in [-0.39, 0.29) is 21.4 Å². The Hall–Kier alpha value is -1.83. The second kappa shape index (κ2) is 7.38. The lowest BCUT2D eigenvalue weighted by Gasteiger charge is -2.11. The van der Waals surface area contributed by atoms with E-state index in [1.807, 2.05) is 0 Å². The SMILES string of the molecule is CCO/C=C(\S(=O)(=O)c1ccccc1)S(=O)(=O)c1ccccc1Cl. The number of sulfone groups is 2. The van der Waals surface area contributed by atoms with E-state index in [9.17, 15) is 16.8 Å². The van der Waals surface area contributed by atoms with E-state index < -0.39 is 23.9 Å². The van der Waals surface area contributed by atoms with Crippen LogP contribution < -0.4 is 0 Å². The second-order valence-corrected chi connectivity index (χ2v) is 9.11. The molecule has 0 bridgehead atoms. The highest BCUT2D eigenvalue weighted by atomic mass is 35.5. The molecule has 0 atom stereocenters. The molecule has 0 N–H and O–H groups in total. The van der Waals surface area contributed by atoms with Gasteiger partial charge in [0, 0.05) is 0 Å². The summed E-state index contributed by atoms with van der Waals surface area (Å²) in [5, 5.41) is -0.0665. The molecule has 2 rings (SSSR count). The van der Waals surface area contributed by atoms with Crippen LogP contribution in [0.25, 0.3) is 0 Å². The van der Waals surface area contributed by atoms with Crippen LogP contribution >= 0.6 is 11.6 Å². The molecule has 0 fully saturated rings. The number of hydrogen-bond acceptors (Lipinski definition) is 5. The van der Waals surface area contributed by atoms with E-state index in [0.717, 1.165) is 6.26 Å². The third-order valence-electron chi connectivity index (χ3n) is 3.06. The molecule has 2 aromatic carbocycles. The molecule has 24 heavy (non-hydrogen) atoms. The van der Waals surface area contributed by atoms with Gasteiger partial charge >= 0.3 is 0 Å². The molecule has 0 saturated carbocycles. The molecule has 128 valence electrons. The van der Waals surface area contributed by atoms with Gasteiger partial charge in [0.2, 0.25) is 23.9 Å². The zero-order chi connectivity index (χ0) is 17.8. The molecule has 0 aromatic heterocycles. The van der Waals surface area contributed by atoms with Gasteiger partial charge in [-0.2, -0.15) is 0 Å². The van der Waals surface area contributed by atoms with Crippen LogP contribution in [0.5, 0.6) is 0 Å². The average Bonchev–Trinajstić information content (AvgIpc) is 2.56. The first-order valence-electron chi connectivity index (χ1n) is 6.93. The van der Waals surface area contributed by atoms with Crippen molar-refractivity contribution < 1.29 is 21.6 Å². The first-order valence-corrected chi connectivity index (χ1v) is 10.3. The van der Waals surface area contributed by atoms with Crippen molar-refractivity contribution in [1.82, 2.24) is 0 Å². The Labute approximate surface area is 146 Å². The third-order valence-corrected chi connectivity index (χ3v) is 7.89. The fraction of sp³-hybridized carbons (Fsp3) is 0.125. The van der Waals surface area contributed by atoms with E-state index in [2.05, 4.69) is 0 Å². The molecule has 0 saturated heterocycles. The zero-order valence-corrected chi connectivity index (χ0v) is 15.1. The molecular formula is C16H15ClO5S2. The molecule has 0 aliphatic rings. The summed E-state index contributed by atoms with van der Waals surface area (Å²) in [6.07, 6.45) is 0.751. The van der Waals surface area contributed by atoms with Gasteiger partial charge in [0.15, 0.2) is 0 Å². The zero-order valence-electron chi connectivity index (χ0n) is 12.7. The fourth-order valence-corrected chi connectivity index (χ4v) is 6.00. The minimum atomic E-state index is -4.39. The van der Waals surface area contributed by atoms with Crippen LogP contribution in [-0.4, -0.2) is 23.4 Å². The van der Waals surface area contributed by atoms with Crippen molar-refractivity contribution in [3.05, 3.63) is 70.1 Å². The normalized spacial score (nSPS) is 12.8. The van der Waals surface area contributed by atoms with Crippen molar-refractivity contribution in [2.24, 2.45) is 0 Å². The highest BCUT2D eigenvalue weighted by Gasteiger charge is 2.35. The van der Waals surface area contributed by atoms with Gasteiger partial charge in [-0.1, -0.05) is 41.9 Å². The van der Waals surface area contributed by atoms with E-state index in [0.29, 0.717) is 0 Å². The summed E-state index contributed by atoms with van der Waals surface area (Å²) >= 11 is 5.94. The van der Waals surface area contributed by atoms with E-state index >= 15 is 0 Å². The van der Waals surface area contributed by atoms with Gasteiger partial charge in [0.25, 0.3) is 0 Å². The first kappa shape index (κ1) is 18.5. The molecule has 0 radical (unpaired) electrons. The monoisotopic (exact) mass is 386 g/mol. The van der Waals surface area contributed by atoms with Gasteiger partial charge in [-0.25, -0.2) is 16.8 Å². The van der Waals surface area contributed by atoms with Crippen molar-refractivity contribution in [3.8, 4) is 0 Å². The highest BCUT2D eigenvalue weighted by Crippen LogP contribution is 2.32. The summed E-state index contributed by atoms with van der Waals surface area (Å²) in [5.74, 6) is 0. The van der Waals surface area contributed by atoms with Crippen LogP contribution in [-0.2, 0) is 24.4 Å². The molecule has 0 aliphatic carbocycles. The summed E-state index contributed by atoms with van der Waals surface area (Å²) in [6, 6.07) is 12.9. The van der Waals surface area contributed by atoms with E-state index in [4.69, 9.17) is 16.3 Å². The van der Waals surface area contributed by atoms with Crippen LogP contribution in [0.15, 0.2) is 74.9 Å². The molecule has 2 aromatic rings. The Morgan fingerprint density at radius 3 is 2.12 bits per heavy atom. The molecule has 0 unspecified atom stereocenters. The lowest BCUT2D eigenvalue weighted by Crippen LogP contribution is -2.16. The van der Waals surface area contributed by atoms with Gasteiger partial charge in [-0.15, -0.1) is 0 Å². The highest BCUT2D eigenvalue weighted by molar-refractivity contribution is 8.14. The minimum absolute atomic E-state index is 0.0665. The Morgan fingerprint density at radius 1 is 0.958 bits per heavy atom. The Bertz CT molecular complexity index is 949. The van der Waals surface area contributed by atoms with Gasteiger partial charge in [0.1, 0.15) is 6.26 Å². The van der Waals surface area contributed by atoms with Crippen molar-refractivity contribution in [2.75, 3.05) is 6.61 Å². The molecule has 0 heterocycles. The summed E-state index contributed by atoms with van der Waals surface area (Å²) in [5.41, 5.74) is 0.